The maximum absolute atomic E-state index is 12.8. The Bertz CT molecular complexity index is 721. The molecule has 0 bridgehead atoms. The first-order chi connectivity index (χ1) is 14.0. The van der Waals surface area contributed by atoms with Crippen LogP contribution in [0, 0.1) is 6.92 Å². The number of carbonyl (C=O) groups excluding carboxylic acids is 2. The van der Waals surface area contributed by atoms with Crippen LogP contribution in [0.2, 0.25) is 0 Å². The predicted octanol–water partition coefficient (Wildman–Crippen LogP) is 3.27. The quantitative estimate of drug-likeness (QED) is 0.679. The van der Waals surface area contributed by atoms with Crippen LogP contribution in [0.4, 0.5) is 5.69 Å². The summed E-state index contributed by atoms with van der Waals surface area (Å²) in [6, 6.07) is 6.45. The molecule has 0 aliphatic carbocycles. The average Bonchev–Trinajstić information content (AvgIpc) is 2.73. The number of ether oxygens (including phenoxy) is 1. The zero-order valence-corrected chi connectivity index (χ0v) is 18.1. The number of rotatable bonds is 8. The molecule has 6 nitrogen and oxygen atoms in total. The van der Waals surface area contributed by atoms with Crippen LogP contribution in [0.15, 0.2) is 18.2 Å². The van der Waals surface area contributed by atoms with Crippen LogP contribution in [0.25, 0.3) is 0 Å². The van der Waals surface area contributed by atoms with E-state index in [4.69, 9.17) is 4.74 Å². The van der Waals surface area contributed by atoms with Gasteiger partial charge in [0, 0.05) is 19.1 Å². The Morgan fingerprint density at radius 1 is 1.24 bits per heavy atom. The van der Waals surface area contributed by atoms with Gasteiger partial charge in [-0.25, -0.2) is 0 Å². The zero-order valence-electron chi connectivity index (χ0n) is 18.1. The summed E-state index contributed by atoms with van der Waals surface area (Å²) in [6.07, 6.45) is 6.09. The number of amides is 2. The highest BCUT2D eigenvalue weighted by Gasteiger charge is 2.34. The molecule has 2 aliphatic rings. The summed E-state index contributed by atoms with van der Waals surface area (Å²) in [5.74, 6) is 0.415. The number of anilines is 1. The van der Waals surface area contributed by atoms with Crippen molar-refractivity contribution >= 4 is 17.5 Å². The van der Waals surface area contributed by atoms with Crippen LogP contribution in [0.3, 0.4) is 0 Å². The molecule has 2 heterocycles. The summed E-state index contributed by atoms with van der Waals surface area (Å²) in [5.41, 5.74) is 1.72. The molecule has 6 heteroatoms. The van der Waals surface area contributed by atoms with Gasteiger partial charge in [0.1, 0.15) is 12.3 Å². The van der Waals surface area contributed by atoms with Crippen LogP contribution in [0.1, 0.15) is 57.9 Å². The molecule has 1 N–H and O–H groups in total. The third kappa shape index (κ3) is 5.30. The van der Waals surface area contributed by atoms with Crippen LogP contribution in [-0.2, 0) is 9.59 Å². The van der Waals surface area contributed by atoms with E-state index in [1.165, 1.54) is 32.2 Å². The molecule has 1 aromatic carbocycles. The van der Waals surface area contributed by atoms with Gasteiger partial charge in [0.25, 0.3) is 5.91 Å². The standard InChI is InChI=1S/C23H35N3O3/c1-4-18-9-6-7-13-25(18)14-8-12-24-22(27)16-26-19-15-17(3)10-11-21(19)29-20(5-2)23(26)28/h10-11,15,18,20H,4-9,12-14,16H2,1-3H3,(H,24,27)/t18-,20+/m0/s1. The highest BCUT2D eigenvalue weighted by Crippen LogP contribution is 2.35. The smallest absolute Gasteiger partial charge is 0.268 e. The highest BCUT2D eigenvalue weighted by molar-refractivity contribution is 6.03. The van der Waals surface area contributed by atoms with Gasteiger partial charge in [0.2, 0.25) is 5.91 Å². The summed E-state index contributed by atoms with van der Waals surface area (Å²) < 4.78 is 5.82. The normalized spacial score (nSPS) is 22.2. The average molecular weight is 402 g/mol. The van der Waals surface area contributed by atoms with E-state index < -0.39 is 6.10 Å². The first-order valence-corrected chi connectivity index (χ1v) is 11.1. The van der Waals surface area contributed by atoms with E-state index in [1.54, 1.807) is 4.90 Å². The molecule has 0 unspecified atom stereocenters. The SMILES string of the molecule is CC[C@H]1CCCCN1CCCNC(=O)CN1C(=O)[C@@H](CC)Oc2ccc(C)cc21. The van der Waals surface area contributed by atoms with Gasteiger partial charge in [-0.1, -0.05) is 26.3 Å². The van der Waals surface area contributed by atoms with Gasteiger partial charge in [-0.2, -0.15) is 0 Å². The number of benzene rings is 1. The van der Waals surface area contributed by atoms with Gasteiger partial charge in [-0.3, -0.25) is 14.5 Å². The highest BCUT2D eigenvalue weighted by atomic mass is 16.5. The summed E-state index contributed by atoms with van der Waals surface area (Å²) in [4.78, 5) is 29.5. The third-order valence-corrected chi connectivity index (χ3v) is 6.05. The second kappa shape index (κ2) is 10.1. The lowest BCUT2D eigenvalue weighted by Gasteiger charge is -2.35. The van der Waals surface area contributed by atoms with Crippen molar-refractivity contribution in [2.45, 2.75) is 71.4 Å². The Kier molecular flexibility index (Phi) is 7.53. The van der Waals surface area contributed by atoms with Crippen molar-refractivity contribution in [2.24, 2.45) is 0 Å². The molecule has 29 heavy (non-hydrogen) atoms. The van der Waals surface area contributed by atoms with E-state index in [-0.39, 0.29) is 18.4 Å². The number of piperidine rings is 1. The Balaban J connectivity index is 1.53. The topological polar surface area (TPSA) is 61.9 Å². The molecule has 160 valence electrons. The van der Waals surface area contributed by atoms with Crippen molar-refractivity contribution < 1.29 is 14.3 Å². The molecule has 0 radical (unpaired) electrons. The Labute approximate surface area is 174 Å². The lowest BCUT2D eigenvalue weighted by Crippen LogP contribution is -2.49. The van der Waals surface area contributed by atoms with Gasteiger partial charge in [0.15, 0.2) is 6.10 Å². The molecule has 2 amide bonds. The molecular formula is C23H35N3O3. The molecule has 2 aliphatic heterocycles. The largest absolute Gasteiger partial charge is 0.478 e. The summed E-state index contributed by atoms with van der Waals surface area (Å²) >= 11 is 0. The number of hydrogen-bond donors (Lipinski definition) is 1. The van der Waals surface area contributed by atoms with Crippen molar-refractivity contribution in [3.8, 4) is 5.75 Å². The molecule has 2 atom stereocenters. The first kappa shape index (κ1) is 21.6. The van der Waals surface area contributed by atoms with Crippen molar-refractivity contribution in [3.05, 3.63) is 23.8 Å². The zero-order chi connectivity index (χ0) is 20.8. The fourth-order valence-electron chi connectivity index (χ4n) is 4.38. The van der Waals surface area contributed by atoms with Crippen LogP contribution >= 0.6 is 0 Å². The van der Waals surface area contributed by atoms with E-state index >= 15 is 0 Å². The number of carbonyl (C=O) groups is 2. The number of fused-ring (bicyclic) bond motifs is 1. The van der Waals surface area contributed by atoms with Crippen molar-refractivity contribution in [1.29, 1.82) is 0 Å². The number of aryl methyl sites for hydroxylation is 1. The van der Waals surface area contributed by atoms with E-state index in [2.05, 4.69) is 17.1 Å². The molecule has 0 saturated carbocycles. The minimum Gasteiger partial charge on any atom is -0.478 e. The Morgan fingerprint density at radius 2 is 2.07 bits per heavy atom. The van der Waals surface area contributed by atoms with E-state index in [0.717, 1.165) is 18.5 Å². The molecule has 1 saturated heterocycles. The lowest BCUT2D eigenvalue weighted by molar-refractivity contribution is -0.129. The van der Waals surface area contributed by atoms with Gasteiger partial charge >= 0.3 is 0 Å². The Morgan fingerprint density at radius 3 is 2.83 bits per heavy atom. The van der Waals surface area contributed by atoms with Crippen molar-refractivity contribution in [3.63, 3.8) is 0 Å². The number of nitrogens with one attached hydrogen (secondary N) is 1. The van der Waals surface area contributed by atoms with Gasteiger partial charge < -0.3 is 15.0 Å². The van der Waals surface area contributed by atoms with Crippen molar-refractivity contribution in [2.75, 3.05) is 31.1 Å². The van der Waals surface area contributed by atoms with Gasteiger partial charge in [-0.15, -0.1) is 0 Å². The predicted molar refractivity (Wildman–Crippen MR) is 115 cm³/mol. The molecule has 0 spiro atoms. The van der Waals surface area contributed by atoms with E-state index in [0.29, 0.717) is 30.4 Å². The second-order valence-electron chi connectivity index (χ2n) is 8.21. The van der Waals surface area contributed by atoms with Gasteiger partial charge in [-0.05, 0) is 63.3 Å². The summed E-state index contributed by atoms with van der Waals surface area (Å²) in [5, 5.41) is 3.00. The fourth-order valence-corrected chi connectivity index (χ4v) is 4.38. The van der Waals surface area contributed by atoms with E-state index in [1.807, 2.05) is 32.0 Å². The third-order valence-electron chi connectivity index (χ3n) is 6.05. The maximum atomic E-state index is 12.8. The lowest BCUT2D eigenvalue weighted by atomic mass is 10.00. The monoisotopic (exact) mass is 401 g/mol. The molecule has 1 aromatic rings. The summed E-state index contributed by atoms with van der Waals surface area (Å²) in [6.45, 7) is 9.02. The first-order valence-electron chi connectivity index (χ1n) is 11.1. The molecule has 1 fully saturated rings. The van der Waals surface area contributed by atoms with Gasteiger partial charge in [0.05, 0.1) is 5.69 Å². The number of likely N-dealkylation sites (tertiary alicyclic amines) is 1. The fraction of sp³-hybridized carbons (Fsp3) is 0.652. The minimum atomic E-state index is -0.525. The summed E-state index contributed by atoms with van der Waals surface area (Å²) in [7, 11) is 0. The van der Waals surface area contributed by atoms with Crippen LogP contribution in [0.5, 0.6) is 5.75 Å². The molecular weight excluding hydrogens is 366 g/mol. The van der Waals surface area contributed by atoms with Crippen LogP contribution in [-0.4, -0.2) is 55.0 Å². The molecule has 0 aromatic heterocycles. The second-order valence-corrected chi connectivity index (χ2v) is 8.21. The van der Waals surface area contributed by atoms with Crippen molar-refractivity contribution in [1.82, 2.24) is 10.2 Å². The Hall–Kier alpha value is -2.08. The minimum absolute atomic E-state index is 0.0381. The van der Waals surface area contributed by atoms with E-state index in [9.17, 15) is 9.59 Å². The van der Waals surface area contributed by atoms with Crippen LogP contribution < -0.4 is 15.0 Å². The maximum Gasteiger partial charge on any atom is 0.268 e. The molecule has 3 rings (SSSR count). The number of nitrogens with zero attached hydrogens (tertiary/aromatic N) is 2. The number of hydrogen-bond acceptors (Lipinski definition) is 4.